The Morgan fingerprint density at radius 1 is 0.886 bits per heavy atom. The second-order valence-corrected chi connectivity index (χ2v) is 11.1. The summed E-state index contributed by atoms with van der Waals surface area (Å²) in [7, 11) is 0. The van der Waals surface area contributed by atoms with Gasteiger partial charge in [0.2, 0.25) is 0 Å². The van der Waals surface area contributed by atoms with Crippen molar-refractivity contribution in [2.45, 2.75) is 70.1 Å². The molecule has 2 aliphatic heterocycles. The Morgan fingerprint density at radius 2 is 1.66 bits per heavy atom. The van der Waals surface area contributed by atoms with Gasteiger partial charge in [0.15, 0.2) is 0 Å². The van der Waals surface area contributed by atoms with Crippen LogP contribution in [0.25, 0.3) is 0 Å². The molecule has 0 radical (unpaired) electrons. The molecule has 2 aromatic rings. The highest BCUT2D eigenvalue weighted by molar-refractivity contribution is 5.70. The zero-order valence-corrected chi connectivity index (χ0v) is 21.1. The van der Waals surface area contributed by atoms with Crippen LogP contribution >= 0.6 is 0 Å². The molecule has 4 aliphatic rings. The largest absolute Gasteiger partial charge is 0.445 e. The summed E-state index contributed by atoms with van der Waals surface area (Å²) >= 11 is 0. The van der Waals surface area contributed by atoms with Gasteiger partial charge in [-0.2, -0.15) is 0 Å². The van der Waals surface area contributed by atoms with Crippen molar-refractivity contribution in [3.8, 4) is 0 Å². The molecular formula is C30H39N3O2. The van der Waals surface area contributed by atoms with Gasteiger partial charge in [-0.05, 0) is 59.9 Å². The average molecular weight is 474 g/mol. The van der Waals surface area contributed by atoms with Gasteiger partial charge in [0.1, 0.15) is 6.61 Å². The average Bonchev–Trinajstić information content (AvgIpc) is 3.07. The molecule has 5 heteroatoms. The number of piperidine rings is 1. The van der Waals surface area contributed by atoms with Crippen LogP contribution in [0.3, 0.4) is 0 Å². The molecule has 2 unspecified atom stereocenters. The molecule has 2 saturated heterocycles. The lowest BCUT2D eigenvalue weighted by molar-refractivity contribution is 0.0531. The third kappa shape index (κ3) is 4.44. The van der Waals surface area contributed by atoms with Crippen molar-refractivity contribution in [2.24, 2.45) is 5.92 Å². The van der Waals surface area contributed by atoms with Crippen molar-refractivity contribution in [1.29, 1.82) is 0 Å². The minimum atomic E-state index is -0.177. The van der Waals surface area contributed by atoms with E-state index in [-0.39, 0.29) is 12.1 Å². The van der Waals surface area contributed by atoms with Gasteiger partial charge in [0.05, 0.1) is 6.04 Å². The maximum absolute atomic E-state index is 13.2. The lowest BCUT2D eigenvalue weighted by atomic mass is 9.86. The van der Waals surface area contributed by atoms with Crippen molar-refractivity contribution in [1.82, 2.24) is 9.80 Å². The summed E-state index contributed by atoms with van der Waals surface area (Å²) in [5.41, 5.74) is 5.16. The van der Waals surface area contributed by atoms with Crippen molar-refractivity contribution in [3.63, 3.8) is 0 Å². The molecule has 2 bridgehead atoms. The smallest absolute Gasteiger partial charge is 0.410 e. The molecule has 186 valence electrons. The molecule has 3 atom stereocenters. The maximum Gasteiger partial charge on any atom is 0.410 e. The number of carbonyl (C=O) groups excluding carboxylic acids is 1. The number of nitrogens with zero attached hydrogens (tertiary/aromatic N) is 3. The fourth-order valence-electron chi connectivity index (χ4n) is 7.23. The van der Waals surface area contributed by atoms with Crippen LogP contribution in [0, 0.1) is 5.92 Å². The van der Waals surface area contributed by atoms with Crippen LogP contribution in [0.5, 0.6) is 0 Å². The Morgan fingerprint density at radius 3 is 2.43 bits per heavy atom. The van der Waals surface area contributed by atoms with Crippen LogP contribution < -0.4 is 4.90 Å². The van der Waals surface area contributed by atoms with Gasteiger partial charge in [-0.25, -0.2) is 4.79 Å². The number of fused-ring (bicyclic) bond motifs is 5. The number of carbonyl (C=O) groups is 1. The summed E-state index contributed by atoms with van der Waals surface area (Å²) in [5.74, 6) is 0.979. The Kier molecular flexibility index (Phi) is 6.44. The van der Waals surface area contributed by atoms with Crippen LogP contribution in [0.4, 0.5) is 10.5 Å². The summed E-state index contributed by atoms with van der Waals surface area (Å²) in [6, 6.07) is 18.0. The first-order valence-corrected chi connectivity index (χ1v) is 13.8. The van der Waals surface area contributed by atoms with Gasteiger partial charge >= 0.3 is 6.09 Å². The number of benzene rings is 2. The monoisotopic (exact) mass is 473 g/mol. The van der Waals surface area contributed by atoms with Gasteiger partial charge in [-0.15, -0.1) is 0 Å². The summed E-state index contributed by atoms with van der Waals surface area (Å²) in [4.78, 5) is 20.5. The number of piperazine rings is 1. The summed E-state index contributed by atoms with van der Waals surface area (Å²) in [6.45, 7) is 7.96. The molecule has 1 amide bonds. The van der Waals surface area contributed by atoms with E-state index in [0.717, 1.165) is 37.7 Å². The van der Waals surface area contributed by atoms with Crippen molar-refractivity contribution in [3.05, 3.63) is 65.2 Å². The second-order valence-electron chi connectivity index (χ2n) is 11.1. The van der Waals surface area contributed by atoms with E-state index in [1.807, 2.05) is 35.2 Å². The number of anilines is 1. The van der Waals surface area contributed by atoms with Crippen molar-refractivity contribution in [2.75, 3.05) is 37.6 Å². The van der Waals surface area contributed by atoms with E-state index >= 15 is 0 Å². The van der Waals surface area contributed by atoms with Gasteiger partial charge in [-0.1, -0.05) is 62.6 Å². The second kappa shape index (κ2) is 9.85. The first-order valence-electron chi connectivity index (χ1n) is 13.8. The number of ether oxygens (including phenoxy) is 1. The molecule has 5 nitrogen and oxygen atoms in total. The predicted octanol–water partition coefficient (Wildman–Crippen LogP) is 5.96. The molecular weight excluding hydrogens is 434 g/mol. The molecule has 0 aromatic heterocycles. The first-order chi connectivity index (χ1) is 17.2. The fourth-order valence-corrected chi connectivity index (χ4v) is 7.23. The molecule has 35 heavy (non-hydrogen) atoms. The van der Waals surface area contributed by atoms with Crippen LogP contribution in [-0.2, 0) is 11.3 Å². The van der Waals surface area contributed by atoms with E-state index in [9.17, 15) is 4.79 Å². The summed E-state index contributed by atoms with van der Waals surface area (Å²) in [5, 5.41) is 0. The molecule has 2 heterocycles. The summed E-state index contributed by atoms with van der Waals surface area (Å²) < 4.78 is 5.77. The Bertz CT molecular complexity index is 1030. The highest BCUT2D eigenvalue weighted by atomic mass is 16.6. The van der Waals surface area contributed by atoms with Crippen molar-refractivity contribution < 1.29 is 9.53 Å². The first kappa shape index (κ1) is 22.9. The molecule has 1 saturated carbocycles. The van der Waals surface area contributed by atoms with Crippen LogP contribution in [0.2, 0.25) is 0 Å². The Balaban J connectivity index is 1.15. The quantitative estimate of drug-likeness (QED) is 0.549. The van der Waals surface area contributed by atoms with E-state index < -0.39 is 0 Å². The zero-order chi connectivity index (χ0) is 23.8. The van der Waals surface area contributed by atoms with E-state index in [1.54, 1.807) is 0 Å². The SMILES string of the molecule is C[C@H]1C2CCN(C(=O)OCc3ccccc3)C1c1cc(N3CCN(C4CCCCC4)CC3)ccc12. The van der Waals surface area contributed by atoms with Crippen LogP contribution in [0.15, 0.2) is 48.5 Å². The highest BCUT2D eigenvalue weighted by Crippen LogP contribution is 2.53. The van der Waals surface area contributed by atoms with Crippen LogP contribution in [0.1, 0.15) is 74.1 Å². The normalized spacial score (nSPS) is 27.1. The van der Waals surface area contributed by atoms with Gasteiger partial charge in [0.25, 0.3) is 0 Å². The van der Waals surface area contributed by atoms with Crippen molar-refractivity contribution >= 4 is 11.8 Å². The third-order valence-corrected chi connectivity index (χ3v) is 9.15. The number of likely N-dealkylation sites (tertiary alicyclic amines) is 1. The lowest BCUT2D eigenvalue weighted by Crippen LogP contribution is -2.50. The molecule has 0 N–H and O–H groups in total. The van der Waals surface area contributed by atoms with E-state index in [1.165, 1.54) is 62.0 Å². The van der Waals surface area contributed by atoms with E-state index in [4.69, 9.17) is 4.74 Å². The number of amides is 1. The molecule has 3 fully saturated rings. The Hall–Kier alpha value is -2.53. The van der Waals surface area contributed by atoms with Gasteiger partial charge in [0, 0.05) is 44.5 Å². The Labute approximate surface area is 210 Å². The van der Waals surface area contributed by atoms with Crippen LogP contribution in [-0.4, -0.2) is 54.7 Å². The zero-order valence-electron chi connectivity index (χ0n) is 21.1. The number of hydrogen-bond acceptors (Lipinski definition) is 4. The number of rotatable bonds is 4. The lowest BCUT2D eigenvalue weighted by Gasteiger charge is -2.41. The van der Waals surface area contributed by atoms with Gasteiger partial charge in [-0.3, -0.25) is 4.90 Å². The minimum Gasteiger partial charge on any atom is -0.445 e. The summed E-state index contributed by atoms with van der Waals surface area (Å²) in [6.07, 6.45) is 7.84. The third-order valence-electron chi connectivity index (χ3n) is 9.15. The fraction of sp³-hybridized carbons (Fsp3) is 0.567. The van der Waals surface area contributed by atoms with Gasteiger partial charge < -0.3 is 14.5 Å². The van der Waals surface area contributed by atoms with E-state index in [2.05, 4.69) is 34.9 Å². The standard InChI is InChI=1S/C30H39N3O2/c1-22-26-14-15-33(30(34)35-21-23-8-4-2-5-9-23)29(22)28-20-25(12-13-27(26)28)32-18-16-31(17-19-32)24-10-6-3-7-11-24/h2,4-5,8-9,12-13,20,22,24,26,29H,3,6-7,10-11,14-19,21H2,1H3/t22-,26?,29?/m0/s1. The maximum atomic E-state index is 13.2. The highest BCUT2D eigenvalue weighted by Gasteiger charge is 2.47. The molecule has 2 aliphatic carbocycles. The minimum absolute atomic E-state index is 0.121. The molecule has 2 aromatic carbocycles. The molecule has 6 rings (SSSR count). The topological polar surface area (TPSA) is 36.0 Å². The molecule has 0 spiro atoms. The number of hydrogen-bond donors (Lipinski definition) is 0. The predicted molar refractivity (Wildman–Crippen MR) is 140 cm³/mol. The van der Waals surface area contributed by atoms with E-state index in [0.29, 0.717) is 18.4 Å².